The average molecular weight is 392 g/mol. The first-order valence-corrected chi connectivity index (χ1v) is 9.09. The van der Waals surface area contributed by atoms with Crippen LogP contribution in [0.1, 0.15) is 25.3 Å². The minimum Gasteiger partial charge on any atom is -0.497 e. The number of amides is 2. The van der Waals surface area contributed by atoms with Crippen LogP contribution in [0, 0.1) is 0 Å². The first-order valence-electron chi connectivity index (χ1n) is 9.09. The fraction of sp³-hybridized carbons (Fsp3) is 0.238. The lowest BCUT2D eigenvalue weighted by Crippen LogP contribution is -2.27. The Morgan fingerprint density at radius 2 is 1.97 bits per heavy atom. The summed E-state index contributed by atoms with van der Waals surface area (Å²) in [6.45, 7) is 3.69. The minimum absolute atomic E-state index is 0.0547. The maximum absolute atomic E-state index is 12.4. The third-order valence-corrected chi connectivity index (χ3v) is 4.92. The summed E-state index contributed by atoms with van der Waals surface area (Å²) >= 11 is 0. The van der Waals surface area contributed by atoms with Gasteiger partial charge in [-0.3, -0.25) is 9.59 Å². The van der Waals surface area contributed by atoms with Crippen molar-refractivity contribution in [1.82, 2.24) is 10.1 Å². The summed E-state index contributed by atoms with van der Waals surface area (Å²) in [5, 5.41) is 9.58. The Balaban J connectivity index is 1.44. The molecule has 0 atom stereocenters. The molecular weight excluding hydrogens is 372 g/mol. The first kappa shape index (κ1) is 18.7. The van der Waals surface area contributed by atoms with Gasteiger partial charge in [0.05, 0.1) is 12.5 Å². The molecule has 8 heteroatoms. The minimum atomic E-state index is -0.643. The van der Waals surface area contributed by atoms with Gasteiger partial charge in [0.2, 0.25) is 23.5 Å². The lowest BCUT2D eigenvalue weighted by molar-refractivity contribution is -0.119. The molecule has 0 fully saturated rings. The number of fused-ring (bicyclic) bond motifs is 1. The molecule has 0 aliphatic carbocycles. The number of nitrogens with one attached hydrogen (secondary N) is 2. The van der Waals surface area contributed by atoms with E-state index < -0.39 is 5.41 Å². The standard InChI is InChI=1S/C21H20N4O4/c1-21(2)15-10-13(6-9-16(15)23-20(21)27)22-17(26)11-18-24-19(25-29-18)12-4-7-14(28-3)8-5-12/h4-10H,11H2,1-3H3,(H,22,26)(H,23,27). The molecule has 4 rings (SSSR count). The summed E-state index contributed by atoms with van der Waals surface area (Å²) in [6.07, 6.45) is -0.0547. The van der Waals surface area contributed by atoms with Crippen molar-refractivity contribution in [2.45, 2.75) is 25.7 Å². The molecule has 0 bridgehead atoms. The van der Waals surface area contributed by atoms with Crippen molar-refractivity contribution < 1.29 is 18.8 Å². The van der Waals surface area contributed by atoms with E-state index in [1.165, 1.54) is 0 Å². The van der Waals surface area contributed by atoms with E-state index in [0.717, 1.165) is 22.6 Å². The molecule has 8 nitrogen and oxygen atoms in total. The lowest BCUT2D eigenvalue weighted by atomic mass is 9.86. The van der Waals surface area contributed by atoms with Crippen molar-refractivity contribution in [3.05, 3.63) is 53.9 Å². The second-order valence-corrected chi connectivity index (χ2v) is 7.30. The first-order chi connectivity index (χ1) is 13.9. The van der Waals surface area contributed by atoms with Gasteiger partial charge < -0.3 is 19.9 Å². The van der Waals surface area contributed by atoms with Crippen LogP contribution in [0.2, 0.25) is 0 Å². The van der Waals surface area contributed by atoms with E-state index in [2.05, 4.69) is 20.8 Å². The topological polar surface area (TPSA) is 106 Å². The van der Waals surface area contributed by atoms with Crippen molar-refractivity contribution in [3.63, 3.8) is 0 Å². The highest BCUT2D eigenvalue weighted by Crippen LogP contribution is 2.38. The van der Waals surface area contributed by atoms with Gasteiger partial charge in [0.1, 0.15) is 12.2 Å². The maximum Gasteiger partial charge on any atom is 0.236 e. The van der Waals surface area contributed by atoms with E-state index in [1.807, 2.05) is 32.0 Å². The molecule has 2 aromatic carbocycles. The summed E-state index contributed by atoms with van der Waals surface area (Å²) in [7, 11) is 1.59. The highest BCUT2D eigenvalue weighted by molar-refractivity contribution is 6.06. The lowest BCUT2D eigenvalue weighted by Gasteiger charge is -2.16. The highest BCUT2D eigenvalue weighted by Gasteiger charge is 2.38. The number of methoxy groups -OCH3 is 1. The predicted molar refractivity (Wildman–Crippen MR) is 107 cm³/mol. The summed E-state index contributed by atoms with van der Waals surface area (Å²) < 4.78 is 10.3. The Labute approximate surface area is 167 Å². The highest BCUT2D eigenvalue weighted by atomic mass is 16.5. The van der Waals surface area contributed by atoms with Crippen molar-refractivity contribution >= 4 is 23.2 Å². The van der Waals surface area contributed by atoms with Crippen molar-refractivity contribution in [2.75, 3.05) is 17.7 Å². The number of rotatable bonds is 5. The van der Waals surface area contributed by atoms with Crippen LogP contribution in [-0.4, -0.2) is 29.1 Å². The third-order valence-electron chi connectivity index (χ3n) is 4.92. The molecule has 0 saturated carbocycles. The van der Waals surface area contributed by atoms with E-state index in [9.17, 15) is 9.59 Å². The van der Waals surface area contributed by atoms with E-state index >= 15 is 0 Å². The van der Waals surface area contributed by atoms with Gasteiger partial charge in [-0.2, -0.15) is 4.98 Å². The Hall–Kier alpha value is -3.68. The molecule has 3 aromatic rings. The van der Waals surface area contributed by atoms with Crippen LogP contribution in [0.3, 0.4) is 0 Å². The summed E-state index contributed by atoms with van der Waals surface area (Å²) in [5.41, 5.74) is 2.34. The Kier molecular flexibility index (Phi) is 4.54. The van der Waals surface area contributed by atoms with Crippen LogP contribution in [0.4, 0.5) is 11.4 Å². The van der Waals surface area contributed by atoms with Gasteiger partial charge in [0, 0.05) is 16.9 Å². The quantitative estimate of drug-likeness (QED) is 0.691. The zero-order chi connectivity index (χ0) is 20.6. The van der Waals surface area contributed by atoms with Crippen molar-refractivity contribution in [2.24, 2.45) is 0 Å². The van der Waals surface area contributed by atoms with Crippen LogP contribution in [0.5, 0.6) is 5.75 Å². The fourth-order valence-electron chi connectivity index (χ4n) is 3.18. The molecule has 148 valence electrons. The number of hydrogen-bond donors (Lipinski definition) is 2. The average Bonchev–Trinajstić information content (AvgIpc) is 3.25. The molecule has 1 aromatic heterocycles. The third kappa shape index (κ3) is 3.56. The van der Waals surface area contributed by atoms with Crippen LogP contribution >= 0.6 is 0 Å². The zero-order valence-corrected chi connectivity index (χ0v) is 16.3. The molecule has 0 radical (unpaired) electrons. The van der Waals surface area contributed by atoms with E-state index in [1.54, 1.807) is 31.4 Å². The predicted octanol–water partition coefficient (Wildman–Crippen LogP) is 3.16. The largest absolute Gasteiger partial charge is 0.497 e. The molecule has 0 unspecified atom stereocenters. The Bertz CT molecular complexity index is 1090. The van der Waals surface area contributed by atoms with Crippen molar-refractivity contribution in [1.29, 1.82) is 0 Å². The number of hydrogen-bond acceptors (Lipinski definition) is 6. The second kappa shape index (κ2) is 7.05. The van der Waals surface area contributed by atoms with Crippen LogP contribution in [0.25, 0.3) is 11.4 Å². The SMILES string of the molecule is COc1ccc(-c2noc(CC(=O)Nc3ccc4c(c3)C(C)(C)C(=O)N4)n2)cc1. The zero-order valence-electron chi connectivity index (χ0n) is 16.3. The van der Waals surface area contributed by atoms with E-state index in [4.69, 9.17) is 9.26 Å². The van der Waals surface area contributed by atoms with E-state index in [-0.39, 0.29) is 24.1 Å². The van der Waals surface area contributed by atoms with Gasteiger partial charge in [-0.05, 0) is 61.9 Å². The van der Waals surface area contributed by atoms with Crippen LogP contribution in [-0.2, 0) is 21.4 Å². The molecule has 29 heavy (non-hydrogen) atoms. The Morgan fingerprint density at radius 1 is 1.21 bits per heavy atom. The van der Waals surface area contributed by atoms with Crippen LogP contribution in [0.15, 0.2) is 47.0 Å². The monoisotopic (exact) mass is 392 g/mol. The molecular formula is C21H20N4O4. The molecule has 2 N–H and O–H groups in total. The number of aromatic nitrogens is 2. The number of carbonyl (C=O) groups is 2. The number of nitrogens with zero attached hydrogens (tertiary/aromatic N) is 2. The molecule has 1 aliphatic heterocycles. The molecule has 0 saturated heterocycles. The fourth-order valence-corrected chi connectivity index (χ4v) is 3.18. The van der Waals surface area contributed by atoms with Gasteiger partial charge in [-0.1, -0.05) is 5.16 Å². The summed E-state index contributed by atoms with van der Waals surface area (Å²) in [4.78, 5) is 28.7. The van der Waals surface area contributed by atoms with Gasteiger partial charge in [0.15, 0.2) is 0 Å². The van der Waals surface area contributed by atoms with Gasteiger partial charge >= 0.3 is 0 Å². The molecule has 2 amide bonds. The van der Waals surface area contributed by atoms with E-state index in [0.29, 0.717) is 11.5 Å². The van der Waals surface area contributed by atoms with Gasteiger partial charge in [0.25, 0.3) is 0 Å². The molecule has 1 aliphatic rings. The summed E-state index contributed by atoms with van der Waals surface area (Å²) in [5.74, 6) is 0.995. The number of benzene rings is 2. The van der Waals surface area contributed by atoms with Crippen LogP contribution < -0.4 is 15.4 Å². The van der Waals surface area contributed by atoms with Crippen molar-refractivity contribution in [3.8, 4) is 17.1 Å². The Morgan fingerprint density at radius 3 is 2.69 bits per heavy atom. The number of ether oxygens (including phenoxy) is 1. The summed E-state index contributed by atoms with van der Waals surface area (Å²) in [6, 6.07) is 12.6. The van der Waals surface area contributed by atoms with Gasteiger partial charge in [-0.25, -0.2) is 0 Å². The second-order valence-electron chi connectivity index (χ2n) is 7.30. The molecule has 0 spiro atoms. The number of anilines is 2. The molecule has 2 heterocycles. The normalized spacial score (nSPS) is 14.2. The smallest absolute Gasteiger partial charge is 0.236 e. The maximum atomic E-state index is 12.4. The number of carbonyl (C=O) groups excluding carboxylic acids is 2. The van der Waals surface area contributed by atoms with Gasteiger partial charge in [-0.15, -0.1) is 0 Å².